The number of alkyl halides is 3. The van der Waals surface area contributed by atoms with Crippen molar-refractivity contribution in [1.82, 2.24) is 14.8 Å². The molecule has 3 rings (SSSR count). The third-order valence-corrected chi connectivity index (χ3v) is 5.47. The average Bonchev–Trinajstić information content (AvgIpc) is 2.98. The van der Waals surface area contributed by atoms with Crippen LogP contribution in [0.3, 0.4) is 0 Å². The third-order valence-electron chi connectivity index (χ3n) is 4.41. The van der Waals surface area contributed by atoms with Gasteiger partial charge in [-0.1, -0.05) is 0 Å². The monoisotopic (exact) mass is 397 g/mol. The number of hydrogen-bond acceptors (Lipinski definition) is 4. The SMILES string of the molecule is Cc1nc(C)c(C(=O)N2CCN(C(=O)c3ccc(C(F)(F)F)cc3)CC2)s1. The summed E-state index contributed by atoms with van der Waals surface area (Å²) >= 11 is 1.35. The largest absolute Gasteiger partial charge is 0.416 e. The number of nitrogens with zero attached hydrogens (tertiary/aromatic N) is 3. The van der Waals surface area contributed by atoms with Crippen LogP contribution >= 0.6 is 11.3 Å². The van der Waals surface area contributed by atoms with E-state index in [2.05, 4.69) is 4.98 Å². The maximum atomic E-state index is 12.6. The molecule has 0 bridgehead atoms. The number of halogens is 3. The first kappa shape index (κ1) is 19.3. The molecule has 0 aliphatic carbocycles. The van der Waals surface area contributed by atoms with Crippen molar-refractivity contribution in [2.45, 2.75) is 20.0 Å². The van der Waals surface area contributed by atoms with E-state index in [0.717, 1.165) is 17.1 Å². The normalized spacial score (nSPS) is 15.1. The van der Waals surface area contributed by atoms with Gasteiger partial charge in [-0.25, -0.2) is 4.98 Å². The molecule has 1 aliphatic heterocycles. The summed E-state index contributed by atoms with van der Waals surface area (Å²) in [6, 6.07) is 4.18. The van der Waals surface area contributed by atoms with Gasteiger partial charge in [0, 0.05) is 31.7 Å². The number of hydrogen-bond donors (Lipinski definition) is 0. The van der Waals surface area contributed by atoms with E-state index in [9.17, 15) is 22.8 Å². The number of rotatable bonds is 2. The van der Waals surface area contributed by atoms with Crippen LogP contribution in [0.15, 0.2) is 24.3 Å². The lowest BCUT2D eigenvalue weighted by Gasteiger charge is -2.34. The second-order valence-electron chi connectivity index (χ2n) is 6.31. The van der Waals surface area contributed by atoms with Crippen molar-refractivity contribution < 1.29 is 22.8 Å². The number of benzene rings is 1. The van der Waals surface area contributed by atoms with Crippen LogP contribution in [0.2, 0.25) is 0 Å². The Bertz CT molecular complexity index is 854. The predicted octanol–water partition coefficient (Wildman–Crippen LogP) is 3.38. The van der Waals surface area contributed by atoms with E-state index in [1.165, 1.54) is 23.5 Å². The summed E-state index contributed by atoms with van der Waals surface area (Å²) in [7, 11) is 0. The summed E-state index contributed by atoms with van der Waals surface area (Å²) in [6.07, 6.45) is -4.43. The molecule has 5 nitrogen and oxygen atoms in total. The Hall–Kier alpha value is -2.42. The Balaban J connectivity index is 1.62. The van der Waals surface area contributed by atoms with Crippen molar-refractivity contribution in [3.05, 3.63) is 51.0 Å². The lowest BCUT2D eigenvalue weighted by atomic mass is 10.1. The maximum absolute atomic E-state index is 12.6. The Morgan fingerprint density at radius 1 is 0.963 bits per heavy atom. The second-order valence-corrected chi connectivity index (χ2v) is 7.51. The molecule has 0 N–H and O–H groups in total. The van der Waals surface area contributed by atoms with Gasteiger partial charge in [0.25, 0.3) is 11.8 Å². The van der Waals surface area contributed by atoms with E-state index in [1.54, 1.807) is 16.7 Å². The van der Waals surface area contributed by atoms with Crippen LogP contribution in [0, 0.1) is 13.8 Å². The van der Waals surface area contributed by atoms with Crippen LogP contribution < -0.4 is 0 Å². The first-order chi connectivity index (χ1) is 12.7. The number of thiazole rings is 1. The van der Waals surface area contributed by atoms with E-state index < -0.39 is 11.7 Å². The standard InChI is InChI=1S/C18H18F3N3O2S/c1-11-15(27-12(2)22-11)17(26)24-9-7-23(8-10-24)16(25)13-3-5-14(6-4-13)18(19,20)21/h3-6H,7-10H2,1-2H3. The van der Waals surface area contributed by atoms with Gasteiger partial charge in [-0.3, -0.25) is 9.59 Å². The highest BCUT2D eigenvalue weighted by Crippen LogP contribution is 2.29. The smallest absolute Gasteiger partial charge is 0.335 e. The topological polar surface area (TPSA) is 53.5 Å². The minimum absolute atomic E-state index is 0.0975. The van der Waals surface area contributed by atoms with Crippen molar-refractivity contribution >= 4 is 23.2 Å². The number of carbonyl (C=O) groups is 2. The first-order valence-electron chi connectivity index (χ1n) is 8.36. The molecule has 1 saturated heterocycles. The molecule has 27 heavy (non-hydrogen) atoms. The van der Waals surface area contributed by atoms with Crippen LogP contribution in [0.25, 0.3) is 0 Å². The lowest BCUT2D eigenvalue weighted by Crippen LogP contribution is -2.50. The highest BCUT2D eigenvalue weighted by molar-refractivity contribution is 7.13. The van der Waals surface area contributed by atoms with Gasteiger partial charge in [-0.05, 0) is 38.1 Å². The van der Waals surface area contributed by atoms with Crippen LogP contribution in [0.5, 0.6) is 0 Å². The Morgan fingerprint density at radius 2 is 1.48 bits per heavy atom. The molecule has 0 unspecified atom stereocenters. The van der Waals surface area contributed by atoms with Gasteiger partial charge in [0.05, 0.1) is 16.3 Å². The van der Waals surface area contributed by atoms with Gasteiger partial charge >= 0.3 is 6.18 Å². The number of aryl methyl sites for hydroxylation is 2. The Morgan fingerprint density at radius 3 is 1.93 bits per heavy atom. The molecule has 1 fully saturated rings. The quantitative estimate of drug-likeness (QED) is 0.781. The van der Waals surface area contributed by atoms with Crippen LogP contribution in [0.1, 0.15) is 36.3 Å². The van der Waals surface area contributed by atoms with Gasteiger partial charge in [0.1, 0.15) is 4.88 Å². The zero-order chi connectivity index (χ0) is 19.8. The van der Waals surface area contributed by atoms with E-state index >= 15 is 0 Å². The fourth-order valence-electron chi connectivity index (χ4n) is 2.97. The van der Waals surface area contributed by atoms with Crippen LogP contribution in [-0.4, -0.2) is 52.8 Å². The van der Waals surface area contributed by atoms with E-state index in [4.69, 9.17) is 0 Å². The summed E-state index contributed by atoms with van der Waals surface area (Å²) in [5.74, 6) is -0.430. The molecule has 0 atom stereocenters. The highest BCUT2D eigenvalue weighted by atomic mass is 32.1. The minimum atomic E-state index is -4.43. The highest BCUT2D eigenvalue weighted by Gasteiger charge is 2.31. The third kappa shape index (κ3) is 4.13. The fraction of sp³-hybridized carbons (Fsp3) is 0.389. The summed E-state index contributed by atoms with van der Waals surface area (Å²) in [5.41, 5.74) is 0.118. The van der Waals surface area contributed by atoms with Gasteiger partial charge < -0.3 is 9.80 Å². The molecule has 2 heterocycles. The molecule has 2 aromatic rings. The van der Waals surface area contributed by atoms with Gasteiger partial charge in [-0.2, -0.15) is 13.2 Å². The van der Waals surface area contributed by atoms with Gasteiger partial charge in [0.15, 0.2) is 0 Å². The molecular weight excluding hydrogens is 379 g/mol. The number of amides is 2. The van der Waals surface area contributed by atoms with Crippen LogP contribution in [0.4, 0.5) is 13.2 Å². The van der Waals surface area contributed by atoms with Crippen molar-refractivity contribution in [1.29, 1.82) is 0 Å². The summed E-state index contributed by atoms with van der Waals surface area (Å²) in [6.45, 7) is 5.06. The molecular formula is C18H18F3N3O2S. The number of piperazine rings is 1. The zero-order valence-electron chi connectivity index (χ0n) is 14.8. The molecule has 0 radical (unpaired) electrons. The van der Waals surface area contributed by atoms with Gasteiger partial charge in [0.2, 0.25) is 0 Å². The first-order valence-corrected chi connectivity index (χ1v) is 9.18. The Labute approximate surface area is 158 Å². The summed E-state index contributed by atoms with van der Waals surface area (Å²) in [4.78, 5) is 33.2. The fourth-order valence-corrected chi connectivity index (χ4v) is 3.86. The maximum Gasteiger partial charge on any atom is 0.416 e. The van der Waals surface area contributed by atoms with E-state index in [1.807, 2.05) is 6.92 Å². The summed E-state index contributed by atoms with van der Waals surface area (Å²) < 4.78 is 37.9. The van der Waals surface area contributed by atoms with Gasteiger partial charge in [-0.15, -0.1) is 11.3 Å². The molecule has 0 spiro atoms. The molecule has 144 valence electrons. The van der Waals surface area contributed by atoms with E-state index in [0.29, 0.717) is 36.8 Å². The molecule has 0 saturated carbocycles. The zero-order valence-corrected chi connectivity index (χ0v) is 15.7. The average molecular weight is 397 g/mol. The number of aromatic nitrogens is 1. The van der Waals surface area contributed by atoms with E-state index in [-0.39, 0.29) is 17.4 Å². The lowest BCUT2D eigenvalue weighted by molar-refractivity contribution is -0.137. The minimum Gasteiger partial charge on any atom is -0.335 e. The van der Waals surface area contributed by atoms with Crippen molar-refractivity contribution in [3.8, 4) is 0 Å². The van der Waals surface area contributed by atoms with Crippen molar-refractivity contribution in [3.63, 3.8) is 0 Å². The Kier molecular flexibility index (Phi) is 5.23. The van der Waals surface area contributed by atoms with Crippen molar-refractivity contribution in [2.75, 3.05) is 26.2 Å². The molecule has 1 aliphatic rings. The predicted molar refractivity (Wildman–Crippen MR) is 94.8 cm³/mol. The van der Waals surface area contributed by atoms with Crippen molar-refractivity contribution in [2.24, 2.45) is 0 Å². The molecule has 1 aromatic heterocycles. The molecule has 1 aromatic carbocycles. The molecule has 9 heteroatoms. The number of carbonyl (C=O) groups excluding carboxylic acids is 2. The summed E-state index contributed by atoms with van der Waals surface area (Å²) in [5, 5.41) is 0.826. The molecule has 2 amide bonds. The second kappa shape index (κ2) is 7.30. The van der Waals surface area contributed by atoms with Crippen LogP contribution in [-0.2, 0) is 6.18 Å².